The van der Waals surface area contributed by atoms with Gasteiger partial charge >= 0.3 is 0 Å². The molecular weight excluding hydrogens is 510 g/mol. The third-order valence-electron chi connectivity index (χ3n) is 6.89. The maximum Gasteiger partial charge on any atom is 0.274 e. The SMILES string of the molecule is CSc1ccc(CNC(=O)c2ncn3c2C(=O)N(C2CC2)[C@](C)(C(=O)NCc2ccccc2Cl)C3)cc1. The van der Waals surface area contributed by atoms with Gasteiger partial charge in [0.1, 0.15) is 11.2 Å². The first-order chi connectivity index (χ1) is 17.8. The summed E-state index contributed by atoms with van der Waals surface area (Å²) in [6, 6.07) is 15.2. The molecule has 2 aromatic carbocycles. The number of carbonyl (C=O) groups excluding carboxylic acids is 3. The molecular formula is C27H28ClN5O3S. The molecule has 1 fully saturated rings. The van der Waals surface area contributed by atoms with Crippen LogP contribution < -0.4 is 10.6 Å². The van der Waals surface area contributed by atoms with E-state index in [9.17, 15) is 14.4 Å². The predicted molar refractivity (Wildman–Crippen MR) is 143 cm³/mol. The van der Waals surface area contributed by atoms with Crippen molar-refractivity contribution in [1.29, 1.82) is 0 Å². The van der Waals surface area contributed by atoms with Gasteiger partial charge in [0.25, 0.3) is 11.8 Å². The first kappa shape index (κ1) is 25.4. The summed E-state index contributed by atoms with van der Waals surface area (Å²) in [4.78, 5) is 47.4. The van der Waals surface area contributed by atoms with Gasteiger partial charge in [0, 0.05) is 29.0 Å². The van der Waals surface area contributed by atoms with E-state index in [1.54, 1.807) is 34.2 Å². The van der Waals surface area contributed by atoms with Gasteiger partial charge in [-0.15, -0.1) is 11.8 Å². The van der Waals surface area contributed by atoms with Gasteiger partial charge < -0.3 is 20.1 Å². The molecule has 1 atom stereocenters. The van der Waals surface area contributed by atoms with Crippen LogP contribution in [0.3, 0.4) is 0 Å². The van der Waals surface area contributed by atoms with Gasteiger partial charge in [0.2, 0.25) is 5.91 Å². The molecule has 1 aliphatic heterocycles. The van der Waals surface area contributed by atoms with E-state index in [1.807, 2.05) is 48.7 Å². The minimum absolute atomic E-state index is 0.0434. The van der Waals surface area contributed by atoms with Crippen LogP contribution in [0.25, 0.3) is 0 Å². The van der Waals surface area contributed by atoms with Crippen molar-refractivity contribution >= 4 is 41.1 Å². The number of rotatable bonds is 8. The Morgan fingerprint density at radius 1 is 1.11 bits per heavy atom. The van der Waals surface area contributed by atoms with Crippen molar-refractivity contribution in [3.63, 3.8) is 0 Å². The zero-order chi connectivity index (χ0) is 26.2. The maximum atomic E-state index is 13.8. The Kier molecular flexibility index (Phi) is 7.00. The highest BCUT2D eigenvalue weighted by Crippen LogP contribution is 2.39. The van der Waals surface area contributed by atoms with E-state index in [0.29, 0.717) is 11.6 Å². The number of benzene rings is 2. The molecule has 0 bridgehead atoms. The summed E-state index contributed by atoms with van der Waals surface area (Å²) in [6.45, 7) is 2.55. The molecule has 3 aromatic rings. The Balaban J connectivity index is 1.34. The molecule has 0 spiro atoms. The van der Waals surface area contributed by atoms with Crippen LogP contribution in [0.5, 0.6) is 0 Å². The molecule has 37 heavy (non-hydrogen) atoms. The summed E-state index contributed by atoms with van der Waals surface area (Å²) in [5.74, 6) is -1.04. The van der Waals surface area contributed by atoms with E-state index in [4.69, 9.17) is 11.6 Å². The van der Waals surface area contributed by atoms with Crippen LogP contribution >= 0.6 is 23.4 Å². The van der Waals surface area contributed by atoms with Crippen LogP contribution in [-0.4, -0.2) is 50.0 Å². The highest BCUT2D eigenvalue weighted by molar-refractivity contribution is 7.98. The standard InChI is InChI=1S/C27H28ClN5O3S/c1-27(26(36)30-14-18-5-3-4-6-21(18)28)15-32-16-31-22(23(32)25(35)33(27)19-9-10-19)24(34)29-13-17-7-11-20(37-2)12-8-17/h3-8,11-12,16,19H,9-10,13-15H2,1-2H3,(H,29,34)(H,30,36)/t27-/m0/s1. The maximum absolute atomic E-state index is 13.8. The number of fused-ring (bicyclic) bond motifs is 1. The van der Waals surface area contributed by atoms with Crippen molar-refractivity contribution in [2.45, 2.75) is 55.9 Å². The number of nitrogens with one attached hydrogen (secondary N) is 2. The highest BCUT2D eigenvalue weighted by Gasteiger charge is 2.53. The number of nitrogens with zero attached hydrogens (tertiary/aromatic N) is 3. The van der Waals surface area contributed by atoms with Crippen LogP contribution in [0, 0.1) is 0 Å². The van der Waals surface area contributed by atoms with E-state index in [2.05, 4.69) is 15.6 Å². The van der Waals surface area contributed by atoms with Crippen LogP contribution in [0.1, 0.15) is 51.9 Å². The smallest absolute Gasteiger partial charge is 0.274 e. The first-order valence-corrected chi connectivity index (χ1v) is 13.7. The fourth-order valence-electron chi connectivity index (χ4n) is 4.74. The second kappa shape index (κ2) is 10.2. The zero-order valence-electron chi connectivity index (χ0n) is 20.7. The third-order valence-corrected chi connectivity index (χ3v) is 8.01. The summed E-state index contributed by atoms with van der Waals surface area (Å²) < 4.78 is 1.62. The molecule has 1 aromatic heterocycles. The summed E-state index contributed by atoms with van der Waals surface area (Å²) in [7, 11) is 0. The van der Waals surface area contributed by atoms with Crippen molar-refractivity contribution in [2.75, 3.05) is 6.26 Å². The van der Waals surface area contributed by atoms with E-state index in [1.165, 1.54) is 6.33 Å². The van der Waals surface area contributed by atoms with Gasteiger partial charge in [-0.3, -0.25) is 14.4 Å². The lowest BCUT2D eigenvalue weighted by Gasteiger charge is -2.44. The van der Waals surface area contributed by atoms with Crippen LogP contribution in [0.15, 0.2) is 59.8 Å². The summed E-state index contributed by atoms with van der Waals surface area (Å²) >= 11 is 7.90. The number of carbonyl (C=O) groups is 3. The molecule has 0 radical (unpaired) electrons. The minimum Gasteiger partial charge on any atom is -0.350 e. The molecule has 2 heterocycles. The average Bonchev–Trinajstić information content (AvgIpc) is 3.64. The molecule has 0 saturated heterocycles. The second-order valence-corrected chi connectivity index (χ2v) is 10.8. The average molecular weight is 538 g/mol. The van der Waals surface area contributed by atoms with Crippen molar-refractivity contribution in [3.8, 4) is 0 Å². The summed E-state index contributed by atoms with van der Waals surface area (Å²) in [5, 5.41) is 6.40. The lowest BCUT2D eigenvalue weighted by Crippen LogP contribution is -2.64. The number of hydrogen-bond acceptors (Lipinski definition) is 5. The van der Waals surface area contributed by atoms with Crippen molar-refractivity contribution in [3.05, 3.63) is 82.4 Å². The van der Waals surface area contributed by atoms with Gasteiger partial charge in [0.15, 0.2) is 5.69 Å². The predicted octanol–water partition coefficient (Wildman–Crippen LogP) is 3.88. The van der Waals surface area contributed by atoms with E-state index >= 15 is 0 Å². The second-order valence-electron chi connectivity index (χ2n) is 9.55. The third kappa shape index (κ3) is 4.98. The van der Waals surface area contributed by atoms with Gasteiger partial charge in [-0.2, -0.15) is 0 Å². The fraction of sp³-hybridized carbons (Fsp3) is 0.333. The Morgan fingerprint density at radius 2 is 1.84 bits per heavy atom. The molecule has 8 nitrogen and oxygen atoms in total. The van der Waals surface area contributed by atoms with Crippen molar-refractivity contribution in [2.24, 2.45) is 0 Å². The molecule has 1 saturated carbocycles. The summed E-state index contributed by atoms with van der Waals surface area (Å²) in [5.41, 5.74) is 0.924. The molecule has 2 N–H and O–H groups in total. The number of amides is 3. The summed E-state index contributed by atoms with van der Waals surface area (Å²) in [6.07, 6.45) is 5.12. The monoisotopic (exact) mass is 537 g/mol. The molecule has 2 aliphatic rings. The minimum atomic E-state index is -1.13. The quantitative estimate of drug-likeness (QED) is 0.425. The van der Waals surface area contributed by atoms with Crippen LogP contribution in [-0.2, 0) is 24.4 Å². The molecule has 1 aliphatic carbocycles. The van der Waals surface area contributed by atoms with Crippen molar-refractivity contribution < 1.29 is 14.4 Å². The molecule has 192 valence electrons. The molecule has 5 rings (SSSR count). The lowest BCUT2D eigenvalue weighted by molar-refractivity contribution is -0.133. The van der Waals surface area contributed by atoms with Crippen LogP contribution in [0.4, 0.5) is 0 Å². The van der Waals surface area contributed by atoms with Crippen LogP contribution in [0.2, 0.25) is 5.02 Å². The van der Waals surface area contributed by atoms with Gasteiger partial charge in [-0.05, 0) is 55.3 Å². The van der Waals surface area contributed by atoms with Gasteiger partial charge in [-0.25, -0.2) is 4.98 Å². The largest absolute Gasteiger partial charge is 0.350 e. The van der Waals surface area contributed by atoms with Gasteiger partial charge in [0.05, 0.1) is 12.9 Å². The Labute approximate surface area is 224 Å². The molecule has 3 amide bonds. The number of aromatic nitrogens is 2. The molecule has 10 heteroatoms. The Morgan fingerprint density at radius 3 is 2.51 bits per heavy atom. The number of thioether (sulfide) groups is 1. The highest BCUT2D eigenvalue weighted by atomic mass is 35.5. The molecule has 0 unspecified atom stereocenters. The van der Waals surface area contributed by atoms with Crippen molar-refractivity contribution in [1.82, 2.24) is 25.1 Å². The Hall–Kier alpha value is -3.30. The normalized spacial score (nSPS) is 18.9. The van der Waals surface area contributed by atoms with E-state index in [0.717, 1.165) is 28.9 Å². The number of halogens is 1. The topological polar surface area (TPSA) is 96.3 Å². The van der Waals surface area contributed by atoms with E-state index < -0.39 is 11.4 Å². The number of imidazole rings is 1. The van der Waals surface area contributed by atoms with Gasteiger partial charge in [-0.1, -0.05) is 41.9 Å². The fourth-order valence-corrected chi connectivity index (χ4v) is 5.35. The van der Waals surface area contributed by atoms with E-state index in [-0.39, 0.29) is 42.3 Å². The number of hydrogen-bond donors (Lipinski definition) is 2. The Bertz CT molecular complexity index is 1350. The lowest BCUT2D eigenvalue weighted by atomic mass is 9.93. The first-order valence-electron chi connectivity index (χ1n) is 12.1. The zero-order valence-corrected chi connectivity index (χ0v) is 22.2.